The lowest BCUT2D eigenvalue weighted by molar-refractivity contribution is 0.102. The molecule has 1 saturated heterocycles. The van der Waals surface area contributed by atoms with Gasteiger partial charge in [-0.3, -0.25) is 4.90 Å². The van der Waals surface area contributed by atoms with Gasteiger partial charge >= 0.3 is 0 Å². The van der Waals surface area contributed by atoms with E-state index in [1.54, 1.807) is 0 Å². The van der Waals surface area contributed by atoms with Crippen molar-refractivity contribution >= 4 is 17.6 Å². The van der Waals surface area contributed by atoms with Crippen LogP contribution >= 0.6 is 0 Å². The van der Waals surface area contributed by atoms with E-state index in [-0.39, 0.29) is 10.3 Å². The van der Waals surface area contributed by atoms with Crippen LogP contribution in [0.15, 0.2) is 17.1 Å². The molecular weight excluding hydrogens is 256 g/mol. The van der Waals surface area contributed by atoms with Crippen molar-refractivity contribution in [3.05, 3.63) is 12.7 Å². The zero-order valence-corrected chi connectivity index (χ0v) is 13.8. The van der Waals surface area contributed by atoms with Crippen molar-refractivity contribution in [2.24, 2.45) is 10.3 Å². The third-order valence-corrected chi connectivity index (χ3v) is 5.04. The summed E-state index contributed by atoms with van der Waals surface area (Å²) in [7, 11) is 0. The summed E-state index contributed by atoms with van der Waals surface area (Å²) < 4.78 is 16.1. The molecule has 1 rings (SSSR count). The Bertz CT molecular complexity index is 338. The van der Waals surface area contributed by atoms with Gasteiger partial charge in [0.1, 0.15) is 16.1 Å². The number of nitrogens with zero attached hydrogens (tertiary/aromatic N) is 2. The van der Waals surface area contributed by atoms with Crippen LogP contribution in [0.2, 0.25) is 0 Å². The van der Waals surface area contributed by atoms with E-state index in [1.807, 2.05) is 33.1 Å². The van der Waals surface area contributed by atoms with Crippen molar-refractivity contribution in [3.8, 4) is 0 Å². The Morgan fingerprint density at radius 3 is 2.68 bits per heavy atom. The van der Waals surface area contributed by atoms with Gasteiger partial charge in [0.25, 0.3) is 0 Å². The Kier molecular flexibility index (Phi) is 5.65. The highest BCUT2D eigenvalue weighted by Crippen LogP contribution is 2.30. The van der Waals surface area contributed by atoms with Gasteiger partial charge in [0, 0.05) is 13.1 Å². The monoisotopic (exact) mass is 284 g/mol. The first-order valence-electron chi connectivity index (χ1n) is 7.02. The first-order valence-corrected chi connectivity index (χ1v) is 8.13. The van der Waals surface area contributed by atoms with Crippen LogP contribution in [0.3, 0.4) is 0 Å². The lowest BCUT2D eigenvalue weighted by Gasteiger charge is -2.44. The highest BCUT2D eigenvalue weighted by atomic mass is 32.2. The zero-order chi connectivity index (χ0) is 14.7. The van der Waals surface area contributed by atoms with Crippen LogP contribution in [0, 0.1) is 5.92 Å². The molecule has 0 N–H and O–H groups in total. The Morgan fingerprint density at radius 1 is 1.53 bits per heavy atom. The highest BCUT2D eigenvalue weighted by Gasteiger charge is 2.36. The number of hydrogen-bond donors (Lipinski definition) is 0. The van der Waals surface area contributed by atoms with E-state index in [4.69, 9.17) is 0 Å². The molecule has 4 heteroatoms. The fourth-order valence-corrected chi connectivity index (χ4v) is 2.92. The van der Waals surface area contributed by atoms with Gasteiger partial charge in [0.15, 0.2) is 0 Å². The molecule has 0 aromatic heterocycles. The standard InChI is InChI=1S/C15H28N2OS/c1-7-10-17-11-13(2)8-9-15(17,6)12-16-19(18)14(3,4)5/h7,12-13H,1,8-11H2,2-6H3. The van der Waals surface area contributed by atoms with Crippen molar-refractivity contribution in [2.45, 2.75) is 57.7 Å². The minimum Gasteiger partial charge on any atom is -0.591 e. The van der Waals surface area contributed by atoms with Gasteiger partial charge in [-0.2, -0.15) is 0 Å². The van der Waals surface area contributed by atoms with Crippen LogP contribution in [0.25, 0.3) is 0 Å². The molecule has 0 aromatic carbocycles. The largest absolute Gasteiger partial charge is 0.591 e. The van der Waals surface area contributed by atoms with Crippen molar-refractivity contribution in [3.63, 3.8) is 0 Å². The van der Waals surface area contributed by atoms with Gasteiger partial charge in [-0.25, -0.2) is 0 Å². The van der Waals surface area contributed by atoms with Gasteiger partial charge in [0.2, 0.25) is 0 Å². The Morgan fingerprint density at radius 2 is 2.16 bits per heavy atom. The molecule has 1 aliphatic heterocycles. The van der Waals surface area contributed by atoms with E-state index in [1.165, 1.54) is 6.42 Å². The van der Waals surface area contributed by atoms with Gasteiger partial charge in [-0.1, -0.05) is 17.4 Å². The van der Waals surface area contributed by atoms with Crippen LogP contribution in [-0.2, 0) is 11.4 Å². The fraction of sp³-hybridized carbons (Fsp3) is 0.800. The summed E-state index contributed by atoms with van der Waals surface area (Å²) >= 11 is -1.18. The molecular formula is C15H28N2OS. The third-order valence-electron chi connectivity index (χ3n) is 3.70. The van der Waals surface area contributed by atoms with Crippen LogP contribution in [-0.4, -0.2) is 39.0 Å². The van der Waals surface area contributed by atoms with Gasteiger partial charge in [0.05, 0.1) is 11.8 Å². The van der Waals surface area contributed by atoms with Crippen molar-refractivity contribution < 1.29 is 4.55 Å². The first-order chi connectivity index (χ1) is 8.69. The number of hydrogen-bond acceptors (Lipinski definition) is 3. The quantitative estimate of drug-likeness (QED) is 0.452. The van der Waals surface area contributed by atoms with E-state index >= 15 is 0 Å². The Balaban J connectivity index is 2.81. The molecule has 1 fully saturated rings. The molecule has 0 spiro atoms. The van der Waals surface area contributed by atoms with Gasteiger partial charge in [-0.05, 0) is 46.5 Å². The fourth-order valence-electron chi connectivity index (χ4n) is 2.28. The molecule has 0 saturated carbocycles. The molecule has 0 radical (unpaired) electrons. The summed E-state index contributed by atoms with van der Waals surface area (Å²) in [5, 5.41) is 0. The molecule has 110 valence electrons. The Labute approximate surface area is 121 Å². The molecule has 19 heavy (non-hydrogen) atoms. The summed E-state index contributed by atoms with van der Waals surface area (Å²) in [6.45, 7) is 16.1. The molecule has 1 heterocycles. The maximum Gasteiger partial charge on any atom is 0.144 e. The number of rotatable bonds is 4. The molecule has 1 aliphatic rings. The first kappa shape index (κ1) is 16.7. The number of likely N-dealkylation sites (tertiary alicyclic amines) is 1. The second-order valence-electron chi connectivity index (χ2n) is 6.79. The smallest absolute Gasteiger partial charge is 0.144 e. The van der Waals surface area contributed by atoms with Crippen LogP contribution in [0.4, 0.5) is 0 Å². The van der Waals surface area contributed by atoms with Crippen LogP contribution in [0.5, 0.6) is 0 Å². The molecule has 3 nitrogen and oxygen atoms in total. The molecule has 3 unspecified atom stereocenters. The van der Waals surface area contributed by atoms with Crippen molar-refractivity contribution in [2.75, 3.05) is 13.1 Å². The van der Waals surface area contributed by atoms with Crippen LogP contribution in [0.1, 0.15) is 47.5 Å². The average molecular weight is 284 g/mol. The Hall–Kier alpha value is -0.320. The van der Waals surface area contributed by atoms with E-state index in [2.05, 4.69) is 29.7 Å². The predicted octanol–water partition coefficient (Wildman–Crippen LogP) is 3.20. The lowest BCUT2D eigenvalue weighted by atomic mass is 9.85. The minimum atomic E-state index is -1.18. The highest BCUT2D eigenvalue weighted by molar-refractivity contribution is 7.91. The summed E-state index contributed by atoms with van der Waals surface area (Å²) in [4.78, 5) is 2.39. The second kappa shape index (κ2) is 6.42. The van der Waals surface area contributed by atoms with Crippen molar-refractivity contribution in [1.82, 2.24) is 4.90 Å². The maximum absolute atomic E-state index is 12.1. The predicted molar refractivity (Wildman–Crippen MR) is 85.0 cm³/mol. The summed E-state index contributed by atoms with van der Waals surface area (Å²) in [6.07, 6.45) is 6.10. The van der Waals surface area contributed by atoms with Gasteiger partial charge < -0.3 is 4.55 Å². The summed E-state index contributed by atoms with van der Waals surface area (Å²) in [6, 6.07) is 0. The van der Waals surface area contributed by atoms with E-state index in [9.17, 15) is 4.55 Å². The third kappa shape index (κ3) is 4.62. The minimum absolute atomic E-state index is 0.0956. The lowest BCUT2D eigenvalue weighted by Crippen LogP contribution is -2.53. The maximum atomic E-state index is 12.1. The number of piperidine rings is 1. The molecule has 0 amide bonds. The van der Waals surface area contributed by atoms with E-state index in [0.29, 0.717) is 5.92 Å². The summed E-state index contributed by atoms with van der Waals surface area (Å²) in [5.74, 6) is 0.703. The molecule has 0 bridgehead atoms. The van der Waals surface area contributed by atoms with Crippen molar-refractivity contribution in [1.29, 1.82) is 0 Å². The van der Waals surface area contributed by atoms with Gasteiger partial charge in [-0.15, -0.1) is 6.58 Å². The van der Waals surface area contributed by atoms with E-state index < -0.39 is 11.4 Å². The SMILES string of the molecule is C=CCN1CC(C)CCC1(C)C=N[S+]([O-])C(C)(C)C. The molecule has 0 aliphatic carbocycles. The zero-order valence-electron chi connectivity index (χ0n) is 13.0. The average Bonchev–Trinajstić information content (AvgIpc) is 2.30. The molecule has 3 atom stereocenters. The summed E-state index contributed by atoms with van der Waals surface area (Å²) in [5.41, 5.74) is -0.0956. The van der Waals surface area contributed by atoms with E-state index in [0.717, 1.165) is 19.5 Å². The normalized spacial score (nSPS) is 31.6. The van der Waals surface area contributed by atoms with Crippen LogP contribution < -0.4 is 0 Å². The topological polar surface area (TPSA) is 38.7 Å². The second-order valence-corrected chi connectivity index (χ2v) is 8.72. The molecule has 0 aromatic rings.